The van der Waals surface area contributed by atoms with Gasteiger partial charge in [-0.15, -0.1) is 0 Å². The number of alkyl halides is 3. The highest BCUT2D eigenvalue weighted by atomic mass is 19.4. The van der Waals surface area contributed by atoms with Crippen LogP contribution in [0.2, 0.25) is 0 Å². The Morgan fingerprint density at radius 2 is 1.46 bits per heavy atom. The Morgan fingerprint density at radius 1 is 1.11 bits per heavy atom. The number of anilines is 1. The first-order chi connectivity index (χ1) is 12.9. The van der Waals surface area contributed by atoms with Gasteiger partial charge in [0.05, 0.1) is 22.0 Å². The molecular formula is C15H21F3N4O6. The van der Waals surface area contributed by atoms with E-state index >= 15 is 0 Å². The van der Waals surface area contributed by atoms with Gasteiger partial charge in [0.25, 0.3) is 11.4 Å². The van der Waals surface area contributed by atoms with Crippen molar-refractivity contribution in [2.45, 2.75) is 32.9 Å². The van der Waals surface area contributed by atoms with Crippen LogP contribution in [0.4, 0.5) is 30.2 Å². The van der Waals surface area contributed by atoms with Crippen LogP contribution in [0.25, 0.3) is 0 Å². The lowest BCUT2D eigenvalue weighted by Crippen LogP contribution is -2.27. The number of rotatable bonds is 8. The summed E-state index contributed by atoms with van der Waals surface area (Å²) in [5.74, 6) is -0.968. The van der Waals surface area contributed by atoms with Gasteiger partial charge in [0.1, 0.15) is 0 Å². The van der Waals surface area contributed by atoms with E-state index in [0.29, 0.717) is 25.0 Å². The molecule has 1 aromatic carbocycles. The Kier molecular flexibility index (Phi) is 9.85. The second-order valence-electron chi connectivity index (χ2n) is 5.46. The van der Waals surface area contributed by atoms with Crippen LogP contribution in [-0.2, 0) is 11.0 Å². The molecule has 1 rings (SSSR count). The molecule has 3 N–H and O–H groups in total. The molecule has 0 radical (unpaired) electrons. The largest absolute Gasteiger partial charge is 0.480 e. The van der Waals surface area contributed by atoms with Gasteiger partial charge in [-0.1, -0.05) is 13.8 Å². The summed E-state index contributed by atoms with van der Waals surface area (Å²) in [4.78, 5) is 30.9. The minimum atomic E-state index is -4.91. The van der Waals surface area contributed by atoms with Crippen molar-refractivity contribution in [3.8, 4) is 0 Å². The first-order valence-electron chi connectivity index (χ1n) is 8.11. The normalized spacial score (nSPS) is 10.6. The number of nitrogens with zero attached hydrogens (tertiary/aromatic N) is 3. The Bertz CT molecular complexity index is 671. The smallest absolute Gasteiger partial charge is 0.416 e. The quantitative estimate of drug-likeness (QED) is 0.489. The van der Waals surface area contributed by atoms with Crippen molar-refractivity contribution in [3.05, 3.63) is 37.9 Å². The van der Waals surface area contributed by atoms with Crippen LogP contribution >= 0.6 is 0 Å². The number of hydrogen-bond donors (Lipinski definition) is 2. The van der Waals surface area contributed by atoms with Crippen LogP contribution < -0.4 is 10.6 Å². The van der Waals surface area contributed by atoms with Crippen molar-refractivity contribution < 1.29 is 32.9 Å². The molecule has 28 heavy (non-hydrogen) atoms. The molecule has 0 aliphatic carbocycles. The van der Waals surface area contributed by atoms with Gasteiger partial charge < -0.3 is 15.7 Å². The van der Waals surface area contributed by atoms with Crippen LogP contribution in [-0.4, -0.2) is 40.6 Å². The molecule has 0 bridgehead atoms. The number of carboxylic acids is 1. The maximum absolute atomic E-state index is 12.8. The Morgan fingerprint density at radius 3 is 1.68 bits per heavy atom. The minimum absolute atomic E-state index is 0.265. The van der Waals surface area contributed by atoms with Crippen LogP contribution in [0, 0.1) is 20.2 Å². The van der Waals surface area contributed by atoms with Gasteiger partial charge in [-0.25, -0.2) is 0 Å². The van der Waals surface area contributed by atoms with E-state index in [4.69, 9.17) is 5.11 Å². The van der Waals surface area contributed by atoms with E-state index in [2.05, 4.69) is 5.73 Å². The van der Waals surface area contributed by atoms with Crippen LogP contribution in [0.15, 0.2) is 12.1 Å². The molecule has 0 spiro atoms. The third-order valence-electron chi connectivity index (χ3n) is 3.27. The SMILES string of the molecule is CCCN(CCC)c1c([N+](=O)[O-])cc(C(F)(F)F)cc1[N+](=O)[O-].NCC(=O)O. The summed E-state index contributed by atoms with van der Waals surface area (Å²) in [7, 11) is 0. The lowest BCUT2D eigenvalue weighted by molar-refractivity contribution is -0.393. The number of nitrogens with two attached hydrogens (primary N) is 1. The lowest BCUT2D eigenvalue weighted by atomic mass is 10.1. The predicted octanol–water partition coefficient (Wildman–Crippen LogP) is 3.18. The van der Waals surface area contributed by atoms with Gasteiger partial charge in [-0.2, -0.15) is 13.2 Å². The van der Waals surface area contributed by atoms with Crippen LogP contribution in [0.1, 0.15) is 32.3 Å². The van der Waals surface area contributed by atoms with E-state index < -0.39 is 38.9 Å². The third kappa shape index (κ3) is 7.34. The summed E-state index contributed by atoms with van der Waals surface area (Å²) in [6, 6.07) is 0.696. The highest BCUT2D eigenvalue weighted by Crippen LogP contribution is 2.43. The van der Waals surface area contributed by atoms with E-state index in [1.54, 1.807) is 13.8 Å². The number of nitro benzene ring substituents is 2. The average molecular weight is 410 g/mol. The van der Waals surface area contributed by atoms with Crippen molar-refractivity contribution >= 4 is 23.0 Å². The third-order valence-corrected chi connectivity index (χ3v) is 3.27. The molecule has 158 valence electrons. The molecule has 0 heterocycles. The zero-order valence-corrected chi connectivity index (χ0v) is 15.2. The van der Waals surface area contributed by atoms with Crippen molar-refractivity contribution in [1.82, 2.24) is 0 Å². The number of nitro groups is 2. The molecule has 0 saturated heterocycles. The Labute approximate surface area is 158 Å². The van der Waals surface area contributed by atoms with E-state index in [9.17, 15) is 38.2 Å². The zero-order chi connectivity index (χ0) is 22.1. The van der Waals surface area contributed by atoms with E-state index in [1.807, 2.05) is 0 Å². The van der Waals surface area contributed by atoms with Crippen LogP contribution in [0.3, 0.4) is 0 Å². The number of carboxylic acid groups (broad SMARTS) is 1. The van der Waals surface area contributed by atoms with Gasteiger partial charge in [0.2, 0.25) is 0 Å². The Balaban J connectivity index is 0.00000129. The van der Waals surface area contributed by atoms with E-state index in [1.165, 1.54) is 4.90 Å². The molecule has 0 unspecified atom stereocenters. The lowest BCUT2D eigenvalue weighted by Gasteiger charge is -2.23. The average Bonchev–Trinajstić information content (AvgIpc) is 2.59. The molecule has 10 nitrogen and oxygen atoms in total. The second kappa shape index (κ2) is 11.0. The molecule has 0 atom stereocenters. The molecule has 0 aliphatic heterocycles. The topological polar surface area (TPSA) is 153 Å². The van der Waals surface area contributed by atoms with Gasteiger partial charge >= 0.3 is 12.1 Å². The molecule has 0 fully saturated rings. The molecule has 13 heteroatoms. The fourth-order valence-electron chi connectivity index (χ4n) is 2.25. The monoisotopic (exact) mass is 410 g/mol. The molecule has 0 aromatic heterocycles. The number of aliphatic carboxylic acids is 1. The number of benzene rings is 1. The summed E-state index contributed by atoms with van der Waals surface area (Å²) in [6.45, 7) is 3.79. The van der Waals surface area contributed by atoms with Gasteiger partial charge in [0.15, 0.2) is 5.69 Å². The molecule has 0 aliphatic rings. The van der Waals surface area contributed by atoms with Gasteiger partial charge in [-0.05, 0) is 12.8 Å². The minimum Gasteiger partial charge on any atom is -0.480 e. The predicted molar refractivity (Wildman–Crippen MR) is 94.2 cm³/mol. The number of halogens is 3. The van der Waals surface area contributed by atoms with Crippen molar-refractivity contribution in [2.75, 3.05) is 24.5 Å². The highest BCUT2D eigenvalue weighted by molar-refractivity contribution is 5.76. The molecule has 0 amide bonds. The molecule has 1 aromatic rings. The van der Waals surface area contributed by atoms with E-state index in [-0.39, 0.29) is 25.3 Å². The molecule has 0 saturated carbocycles. The maximum Gasteiger partial charge on any atom is 0.416 e. The van der Waals surface area contributed by atoms with Crippen molar-refractivity contribution in [1.29, 1.82) is 0 Å². The summed E-state index contributed by atoms with van der Waals surface area (Å²) in [5.41, 5.74) is 0.966. The zero-order valence-electron chi connectivity index (χ0n) is 15.2. The Hall–Kier alpha value is -2.96. The maximum atomic E-state index is 12.8. The van der Waals surface area contributed by atoms with Crippen molar-refractivity contribution in [3.63, 3.8) is 0 Å². The number of carbonyl (C=O) groups is 1. The van der Waals surface area contributed by atoms with Crippen molar-refractivity contribution in [2.24, 2.45) is 5.73 Å². The number of hydrogen-bond acceptors (Lipinski definition) is 7. The summed E-state index contributed by atoms with van der Waals surface area (Å²) >= 11 is 0. The van der Waals surface area contributed by atoms with Gasteiger partial charge in [-0.3, -0.25) is 25.0 Å². The summed E-state index contributed by atoms with van der Waals surface area (Å²) in [6.07, 6.45) is -3.83. The van der Waals surface area contributed by atoms with E-state index in [0.717, 1.165) is 0 Å². The fourth-order valence-corrected chi connectivity index (χ4v) is 2.25. The first kappa shape index (κ1) is 25.0. The van der Waals surface area contributed by atoms with Crippen LogP contribution in [0.5, 0.6) is 0 Å². The second-order valence-corrected chi connectivity index (χ2v) is 5.46. The fraction of sp³-hybridized carbons (Fsp3) is 0.533. The summed E-state index contributed by atoms with van der Waals surface area (Å²) < 4.78 is 38.5. The first-order valence-corrected chi connectivity index (χ1v) is 8.11. The molecular weight excluding hydrogens is 389 g/mol. The highest BCUT2D eigenvalue weighted by Gasteiger charge is 2.38. The van der Waals surface area contributed by atoms with Gasteiger partial charge in [0, 0.05) is 25.2 Å². The standard InChI is InChI=1S/C13H16F3N3O4.C2H5NO2/c1-3-5-17(6-4-2)12-10(18(20)21)7-9(13(14,15)16)8-11(12)19(22)23;3-1-2(4)5/h7-8H,3-6H2,1-2H3;1,3H2,(H,4,5). The summed E-state index contributed by atoms with van der Waals surface area (Å²) in [5, 5.41) is 30.0.